The summed E-state index contributed by atoms with van der Waals surface area (Å²) in [6.45, 7) is 1.93. The number of carbonyl (C=O) groups excluding carboxylic acids is 2. The molecule has 4 heterocycles. The molecule has 25 heavy (non-hydrogen) atoms. The number of aromatic nitrogens is 2. The zero-order chi connectivity index (χ0) is 17.3. The topological polar surface area (TPSA) is 69.2 Å². The Balaban J connectivity index is 1.53. The van der Waals surface area contributed by atoms with Crippen LogP contribution in [0.4, 0.5) is 0 Å². The molecular formula is C18H15BrN2O3S. The molecule has 0 N–H and O–H groups in total. The molecule has 3 aliphatic rings. The molecule has 2 aromatic rings. The lowest BCUT2D eigenvalue weighted by Crippen LogP contribution is -2.29. The van der Waals surface area contributed by atoms with Gasteiger partial charge in [-0.15, -0.1) is 11.3 Å². The number of ether oxygens (including phenoxy) is 1. The van der Waals surface area contributed by atoms with Crippen LogP contribution in [-0.2, 0) is 14.3 Å². The molecule has 5 nitrogen and oxygen atoms in total. The largest absolute Gasteiger partial charge is 0.373 e. The summed E-state index contributed by atoms with van der Waals surface area (Å²) in [6, 6.07) is 3.79. The summed E-state index contributed by atoms with van der Waals surface area (Å²) >= 11 is 4.86. The first-order valence-electron chi connectivity index (χ1n) is 8.37. The number of halogens is 1. The van der Waals surface area contributed by atoms with Crippen LogP contribution in [-0.4, -0.2) is 33.7 Å². The summed E-state index contributed by atoms with van der Waals surface area (Å²) in [5, 5.41) is 0.747. The molecule has 1 saturated carbocycles. The highest BCUT2D eigenvalue weighted by molar-refractivity contribution is 9.10. The van der Waals surface area contributed by atoms with Crippen LogP contribution in [0.2, 0.25) is 0 Å². The van der Waals surface area contributed by atoms with Crippen LogP contribution in [0.5, 0.6) is 0 Å². The third-order valence-electron chi connectivity index (χ3n) is 5.55. The number of fused-ring (bicyclic) bond motifs is 5. The molecule has 2 bridgehead atoms. The number of aryl methyl sites for hydroxylation is 1. The molecule has 2 aromatic heterocycles. The van der Waals surface area contributed by atoms with E-state index in [0.717, 1.165) is 32.9 Å². The number of hydrogen-bond donors (Lipinski definition) is 0. The maximum atomic E-state index is 13.0. The fourth-order valence-corrected chi connectivity index (χ4v) is 5.64. The van der Waals surface area contributed by atoms with E-state index in [-0.39, 0.29) is 35.6 Å². The van der Waals surface area contributed by atoms with Gasteiger partial charge >= 0.3 is 0 Å². The zero-order valence-corrected chi connectivity index (χ0v) is 15.8. The molecule has 0 radical (unpaired) electrons. The van der Waals surface area contributed by atoms with Gasteiger partial charge in [-0.2, -0.15) is 0 Å². The van der Waals surface area contributed by atoms with Gasteiger partial charge < -0.3 is 4.74 Å². The van der Waals surface area contributed by atoms with Crippen LogP contribution >= 0.6 is 27.3 Å². The molecular weight excluding hydrogens is 404 g/mol. The van der Waals surface area contributed by atoms with Crippen molar-refractivity contribution in [1.82, 2.24) is 9.97 Å². The lowest BCUT2D eigenvalue weighted by molar-refractivity contribution is -0.127. The van der Waals surface area contributed by atoms with Crippen LogP contribution in [0, 0.1) is 18.8 Å². The number of nitrogens with zero attached hydrogens (tertiary/aromatic N) is 2. The van der Waals surface area contributed by atoms with Gasteiger partial charge in [-0.25, -0.2) is 4.98 Å². The van der Waals surface area contributed by atoms with Crippen LogP contribution in [0.25, 0.3) is 10.7 Å². The maximum absolute atomic E-state index is 13.0. The van der Waals surface area contributed by atoms with Gasteiger partial charge in [0.1, 0.15) is 10.9 Å². The Morgan fingerprint density at radius 2 is 1.84 bits per heavy atom. The number of carbonyl (C=O) groups is 2. The van der Waals surface area contributed by atoms with E-state index in [1.54, 1.807) is 6.20 Å². The highest BCUT2D eigenvalue weighted by Crippen LogP contribution is 2.52. The van der Waals surface area contributed by atoms with Gasteiger partial charge in [-0.05, 0) is 47.8 Å². The van der Waals surface area contributed by atoms with E-state index in [4.69, 9.17) is 4.74 Å². The Bertz CT molecular complexity index is 866. The summed E-state index contributed by atoms with van der Waals surface area (Å²) < 4.78 is 6.70. The van der Waals surface area contributed by atoms with Crippen molar-refractivity contribution < 1.29 is 14.3 Å². The van der Waals surface area contributed by atoms with Crippen molar-refractivity contribution in [2.45, 2.75) is 37.9 Å². The fourth-order valence-electron chi connectivity index (χ4n) is 4.48. The van der Waals surface area contributed by atoms with Gasteiger partial charge in [0.25, 0.3) is 0 Å². The highest BCUT2D eigenvalue weighted by atomic mass is 79.9. The van der Waals surface area contributed by atoms with Crippen LogP contribution in [0.15, 0.2) is 22.8 Å². The van der Waals surface area contributed by atoms with Gasteiger partial charge in [0.2, 0.25) is 0 Å². The summed E-state index contributed by atoms with van der Waals surface area (Å²) in [7, 11) is 0. The normalized spacial score (nSPS) is 33.3. The van der Waals surface area contributed by atoms with Crippen molar-refractivity contribution in [2.75, 3.05) is 0 Å². The second-order valence-corrected chi connectivity index (χ2v) is 9.02. The Labute approximate surface area is 157 Å². The molecule has 1 aliphatic carbocycles. The summed E-state index contributed by atoms with van der Waals surface area (Å²) in [5.74, 6) is -1.22. The lowest BCUT2D eigenvalue weighted by atomic mass is 9.81. The SMILES string of the molecule is Cc1sc(-c2ccc(Br)cn2)nc1C1C(=O)[C@@H]2C3CCC(O3)[C@@H]2C1=O. The number of hydrogen-bond acceptors (Lipinski definition) is 6. The number of Topliss-reactive ketones (excluding diaryl/α,β-unsaturated/α-hetero) is 2. The summed E-state index contributed by atoms with van der Waals surface area (Å²) in [5.41, 5.74) is 1.37. The van der Waals surface area contributed by atoms with E-state index in [1.165, 1.54) is 11.3 Å². The van der Waals surface area contributed by atoms with Crippen LogP contribution in [0.3, 0.4) is 0 Å². The smallest absolute Gasteiger partial charge is 0.155 e. The Morgan fingerprint density at radius 3 is 2.44 bits per heavy atom. The predicted octanol–water partition coefficient (Wildman–Crippen LogP) is 3.31. The molecule has 5 rings (SSSR count). The van der Waals surface area contributed by atoms with Crippen LogP contribution < -0.4 is 0 Å². The molecule has 2 aliphatic heterocycles. The van der Waals surface area contributed by atoms with Crippen molar-refractivity contribution in [1.29, 1.82) is 0 Å². The first-order valence-corrected chi connectivity index (χ1v) is 9.97. The van der Waals surface area contributed by atoms with E-state index < -0.39 is 5.92 Å². The van der Waals surface area contributed by atoms with E-state index in [2.05, 4.69) is 25.9 Å². The minimum atomic E-state index is -0.720. The maximum Gasteiger partial charge on any atom is 0.155 e. The van der Waals surface area contributed by atoms with Gasteiger partial charge in [0.15, 0.2) is 11.6 Å². The summed E-state index contributed by atoms with van der Waals surface area (Å²) in [6.07, 6.45) is 3.37. The molecule has 0 aromatic carbocycles. The zero-order valence-electron chi connectivity index (χ0n) is 13.4. The molecule has 5 atom stereocenters. The van der Waals surface area contributed by atoms with Crippen molar-refractivity contribution in [3.8, 4) is 10.7 Å². The summed E-state index contributed by atoms with van der Waals surface area (Å²) in [4.78, 5) is 35.9. The van der Waals surface area contributed by atoms with Crippen molar-refractivity contribution in [3.63, 3.8) is 0 Å². The first-order chi connectivity index (χ1) is 12.0. The minimum Gasteiger partial charge on any atom is -0.373 e. The lowest BCUT2D eigenvalue weighted by Gasteiger charge is -2.16. The van der Waals surface area contributed by atoms with Gasteiger partial charge in [-0.1, -0.05) is 0 Å². The molecule has 0 spiro atoms. The third-order valence-corrected chi connectivity index (χ3v) is 7.03. The Kier molecular flexibility index (Phi) is 3.49. The first kappa shape index (κ1) is 15.8. The molecule has 3 unspecified atom stereocenters. The highest BCUT2D eigenvalue weighted by Gasteiger charge is 2.63. The van der Waals surface area contributed by atoms with Gasteiger partial charge in [-0.3, -0.25) is 14.6 Å². The van der Waals surface area contributed by atoms with E-state index in [9.17, 15) is 9.59 Å². The quantitative estimate of drug-likeness (QED) is 0.699. The predicted molar refractivity (Wildman–Crippen MR) is 95.4 cm³/mol. The van der Waals surface area contributed by atoms with Crippen molar-refractivity contribution in [2.24, 2.45) is 11.8 Å². The van der Waals surface area contributed by atoms with Gasteiger partial charge in [0.05, 0.1) is 35.4 Å². The Hall–Kier alpha value is -1.44. The monoisotopic (exact) mass is 418 g/mol. The fraction of sp³-hybridized carbons (Fsp3) is 0.444. The molecule has 7 heteroatoms. The average molecular weight is 419 g/mol. The number of rotatable bonds is 2. The number of thiazole rings is 1. The van der Waals surface area contributed by atoms with E-state index in [0.29, 0.717) is 5.69 Å². The molecule has 3 fully saturated rings. The second-order valence-electron chi connectivity index (χ2n) is 6.90. The Morgan fingerprint density at radius 1 is 1.16 bits per heavy atom. The van der Waals surface area contributed by atoms with Crippen LogP contribution in [0.1, 0.15) is 29.3 Å². The molecule has 128 valence electrons. The second kappa shape index (κ2) is 5.53. The van der Waals surface area contributed by atoms with Crippen molar-refractivity contribution >= 4 is 38.8 Å². The minimum absolute atomic E-state index is 0.00548. The standard InChI is InChI=1S/C18H15BrN2O3S/c1-7-15(21-18(25-7)9-3-2-8(19)6-20-9)14-16(22)12-10-4-5-11(24-10)13(12)17(14)23/h2-3,6,10-14H,4-5H2,1H3/t10?,11?,12-,13+,14?. The van der Waals surface area contributed by atoms with E-state index in [1.807, 2.05) is 19.1 Å². The third kappa shape index (κ3) is 2.22. The average Bonchev–Trinajstić information content (AvgIpc) is 3.33. The number of pyridine rings is 1. The van der Waals surface area contributed by atoms with Crippen molar-refractivity contribution in [3.05, 3.63) is 33.4 Å². The molecule has 2 saturated heterocycles. The van der Waals surface area contributed by atoms with Gasteiger partial charge in [0, 0.05) is 15.5 Å². The molecule has 0 amide bonds. The van der Waals surface area contributed by atoms with E-state index >= 15 is 0 Å². The number of ketones is 2.